The van der Waals surface area contributed by atoms with E-state index in [0.717, 1.165) is 25.9 Å². The first-order chi connectivity index (χ1) is 14.2. The number of carbonyl (C=O) groups is 1. The van der Waals surface area contributed by atoms with Crippen LogP contribution >= 0.6 is 11.6 Å². The van der Waals surface area contributed by atoms with Gasteiger partial charge in [-0.3, -0.25) is 9.69 Å². The van der Waals surface area contributed by atoms with E-state index < -0.39 is 10.0 Å². The van der Waals surface area contributed by atoms with Gasteiger partial charge in [0.2, 0.25) is 10.0 Å². The second-order valence-electron chi connectivity index (χ2n) is 9.06. The number of halogens is 1. The Bertz CT molecular complexity index is 861. The number of amides is 1. The maximum atomic E-state index is 13.1. The van der Waals surface area contributed by atoms with Crippen LogP contribution in [0.15, 0.2) is 23.1 Å². The molecule has 3 atom stereocenters. The Labute approximate surface area is 186 Å². The second-order valence-corrected chi connectivity index (χ2v) is 11.4. The molecule has 2 aliphatic rings. The van der Waals surface area contributed by atoms with E-state index in [0.29, 0.717) is 37.0 Å². The van der Waals surface area contributed by atoms with E-state index in [1.165, 1.54) is 29.3 Å². The van der Waals surface area contributed by atoms with Gasteiger partial charge in [-0.1, -0.05) is 25.4 Å². The zero-order chi connectivity index (χ0) is 21.9. The molecule has 3 rings (SSSR count). The van der Waals surface area contributed by atoms with Crippen LogP contribution in [0.2, 0.25) is 5.02 Å². The van der Waals surface area contributed by atoms with Gasteiger partial charge < -0.3 is 5.32 Å². The Kier molecular flexibility index (Phi) is 7.82. The van der Waals surface area contributed by atoms with Crippen LogP contribution in [0.5, 0.6) is 0 Å². The van der Waals surface area contributed by atoms with Crippen LogP contribution in [0.4, 0.5) is 0 Å². The summed E-state index contributed by atoms with van der Waals surface area (Å²) in [6, 6.07) is 4.75. The van der Waals surface area contributed by atoms with Crippen LogP contribution in [-0.2, 0) is 10.0 Å². The van der Waals surface area contributed by atoms with Crippen molar-refractivity contribution < 1.29 is 13.2 Å². The number of likely N-dealkylation sites (tertiary alicyclic amines) is 1. The van der Waals surface area contributed by atoms with Gasteiger partial charge in [-0.25, -0.2) is 8.42 Å². The van der Waals surface area contributed by atoms with Crippen LogP contribution < -0.4 is 5.32 Å². The van der Waals surface area contributed by atoms with Crippen molar-refractivity contribution in [1.29, 1.82) is 0 Å². The number of nitrogens with one attached hydrogen (secondary N) is 1. The topological polar surface area (TPSA) is 69.7 Å². The highest BCUT2D eigenvalue weighted by Gasteiger charge is 2.31. The molecular weight excluding hydrogens is 422 g/mol. The minimum absolute atomic E-state index is 0.0174. The molecule has 1 aromatic rings. The predicted molar refractivity (Wildman–Crippen MR) is 120 cm³/mol. The summed E-state index contributed by atoms with van der Waals surface area (Å²) in [6.45, 7) is 10.0. The zero-order valence-corrected chi connectivity index (χ0v) is 19.8. The van der Waals surface area contributed by atoms with Crippen molar-refractivity contribution in [1.82, 2.24) is 14.5 Å². The molecule has 168 valence electrons. The van der Waals surface area contributed by atoms with E-state index in [2.05, 4.69) is 31.0 Å². The summed E-state index contributed by atoms with van der Waals surface area (Å²) in [7, 11) is -3.72. The van der Waals surface area contributed by atoms with Gasteiger partial charge in [0, 0.05) is 37.8 Å². The fourth-order valence-electron chi connectivity index (χ4n) is 4.44. The number of hydrogen-bond donors (Lipinski definition) is 1. The normalized spacial score (nSPS) is 25.1. The maximum absolute atomic E-state index is 13.1. The Balaban J connectivity index is 1.68. The number of carbonyl (C=O) groups excluding carboxylic acids is 1. The van der Waals surface area contributed by atoms with Crippen molar-refractivity contribution in [3.63, 3.8) is 0 Å². The molecule has 1 aromatic carbocycles. The lowest BCUT2D eigenvalue weighted by molar-refractivity contribution is 0.0917. The predicted octanol–water partition coefficient (Wildman–Crippen LogP) is 3.61. The van der Waals surface area contributed by atoms with Crippen molar-refractivity contribution >= 4 is 27.5 Å². The molecule has 1 amide bonds. The van der Waals surface area contributed by atoms with Crippen LogP contribution in [0, 0.1) is 11.8 Å². The minimum atomic E-state index is -3.72. The molecule has 0 aliphatic carbocycles. The van der Waals surface area contributed by atoms with Crippen LogP contribution in [0.3, 0.4) is 0 Å². The number of rotatable bonds is 6. The van der Waals surface area contributed by atoms with Crippen LogP contribution in [0.1, 0.15) is 56.8 Å². The summed E-state index contributed by atoms with van der Waals surface area (Å²) in [5, 5.41) is 3.12. The summed E-state index contributed by atoms with van der Waals surface area (Å²) >= 11 is 6.24. The fraction of sp³-hybridized carbons (Fsp3) is 0.682. The van der Waals surface area contributed by atoms with E-state index in [-0.39, 0.29) is 21.9 Å². The number of benzene rings is 1. The van der Waals surface area contributed by atoms with E-state index in [9.17, 15) is 13.2 Å². The highest BCUT2D eigenvalue weighted by Crippen LogP contribution is 2.29. The Morgan fingerprint density at radius 1 is 1.17 bits per heavy atom. The van der Waals surface area contributed by atoms with Crippen molar-refractivity contribution in [3.05, 3.63) is 28.8 Å². The quantitative estimate of drug-likeness (QED) is 0.711. The number of sulfonamides is 1. The van der Waals surface area contributed by atoms with Gasteiger partial charge in [-0.2, -0.15) is 4.31 Å². The summed E-state index contributed by atoms with van der Waals surface area (Å²) in [6.07, 6.45) is 4.31. The molecule has 2 fully saturated rings. The molecule has 2 heterocycles. The standard InChI is InChI=1S/C22H34ClN3O3S/c1-16-6-4-10-25(14-16)18(3)13-24-22(27)19-8-9-20(23)21(12-19)30(28,29)26-11-5-7-17(2)15-26/h8-9,12,16-18H,4-7,10-11,13-15H2,1-3H3,(H,24,27). The van der Waals surface area contributed by atoms with Gasteiger partial charge in [0.05, 0.1) is 5.02 Å². The average Bonchev–Trinajstić information content (AvgIpc) is 2.72. The van der Waals surface area contributed by atoms with Crippen LogP contribution in [-0.4, -0.2) is 62.3 Å². The lowest BCUT2D eigenvalue weighted by Gasteiger charge is -2.35. The highest BCUT2D eigenvalue weighted by molar-refractivity contribution is 7.89. The van der Waals surface area contributed by atoms with Crippen molar-refractivity contribution in [3.8, 4) is 0 Å². The van der Waals surface area contributed by atoms with Gasteiger partial charge in [0.15, 0.2) is 0 Å². The number of piperidine rings is 2. The van der Waals surface area contributed by atoms with Crippen molar-refractivity contribution in [2.75, 3.05) is 32.7 Å². The minimum Gasteiger partial charge on any atom is -0.350 e. The van der Waals surface area contributed by atoms with Crippen molar-refractivity contribution in [2.45, 2.75) is 57.4 Å². The smallest absolute Gasteiger partial charge is 0.251 e. The molecule has 1 N–H and O–H groups in total. The van der Waals surface area contributed by atoms with Crippen LogP contribution in [0.25, 0.3) is 0 Å². The average molecular weight is 456 g/mol. The van der Waals surface area contributed by atoms with E-state index >= 15 is 0 Å². The Morgan fingerprint density at radius 3 is 2.50 bits per heavy atom. The molecule has 0 spiro atoms. The summed E-state index contributed by atoms with van der Waals surface area (Å²) < 4.78 is 27.8. The molecule has 8 heteroatoms. The van der Waals surface area contributed by atoms with E-state index in [1.54, 1.807) is 6.07 Å². The maximum Gasteiger partial charge on any atom is 0.251 e. The molecule has 2 saturated heterocycles. The highest BCUT2D eigenvalue weighted by atomic mass is 35.5. The monoisotopic (exact) mass is 455 g/mol. The lowest BCUT2D eigenvalue weighted by Crippen LogP contribution is -2.46. The first-order valence-corrected chi connectivity index (χ1v) is 12.8. The summed E-state index contributed by atoms with van der Waals surface area (Å²) in [4.78, 5) is 15.2. The summed E-state index contributed by atoms with van der Waals surface area (Å²) in [5.74, 6) is 0.725. The largest absolute Gasteiger partial charge is 0.350 e. The molecule has 0 bridgehead atoms. The van der Waals surface area contributed by atoms with Gasteiger partial charge in [0.1, 0.15) is 4.90 Å². The molecule has 2 aliphatic heterocycles. The third-order valence-electron chi connectivity index (χ3n) is 6.30. The molecule has 0 saturated carbocycles. The van der Waals surface area contributed by atoms with Gasteiger partial charge in [0.25, 0.3) is 5.91 Å². The first-order valence-electron chi connectivity index (χ1n) is 11.0. The second kappa shape index (κ2) is 9.98. The number of nitrogens with zero attached hydrogens (tertiary/aromatic N) is 2. The molecule has 0 aromatic heterocycles. The van der Waals surface area contributed by atoms with Gasteiger partial charge in [-0.15, -0.1) is 0 Å². The fourth-order valence-corrected chi connectivity index (χ4v) is 6.54. The zero-order valence-electron chi connectivity index (χ0n) is 18.2. The Morgan fingerprint density at radius 2 is 1.83 bits per heavy atom. The van der Waals surface area contributed by atoms with Gasteiger partial charge >= 0.3 is 0 Å². The SMILES string of the molecule is CC1CCCN(C(C)CNC(=O)c2ccc(Cl)c(S(=O)(=O)N3CCCC(C)C3)c2)C1. The third kappa shape index (κ3) is 5.55. The number of hydrogen-bond acceptors (Lipinski definition) is 4. The Hall–Kier alpha value is -1.15. The third-order valence-corrected chi connectivity index (χ3v) is 8.65. The molecule has 30 heavy (non-hydrogen) atoms. The van der Waals surface area contributed by atoms with E-state index in [4.69, 9.17) is 11.6 Å². The van der Waals surface area contributed by atoms with E-state index in [1.807, 2.05) is 0 Å². The molecule has 6 nitrogen and oxygen atoms in total. The molecule has 3 unspecified atom stereocenters. The molecular formula is C22H34ClN3O3S. The molecule has 0 radical (unpaired) electrons. The first kappa shape index (κ1) is 23.5. The summed E-state index contributed by atoms with van der Waals surface area (Å²) in [5.41, 5.74) is 0.322. The van der Waals surface area contributed by atoms with Gasteiger partial charge in [-0.05, 0) is 69.2 Å². The lowest BCUT2D eigenvalue weighted by atomic mass is 9.99. The van der Waals surface area contributed by atoms with Crippen molar-refractivity contribution in [2.24, 2.45) is 11.8 Å².